The number of thiol groups is 1. The quantitative estimate of drug-likeness (QED) is 0.516. The Morgan fingerprint density at radius 2 is 2.67 bits per heavy atom. The molecule has 0 atom stereocenters. The smallest absolute Gasteiger partial charge is 0.224 e. The van der Waals surface area contributed by atoms with Gasteiger partial charge in [-0.2, -0.15) is 0 Å². The van der Waals surface area contributed by atoms with E-state index in [4.69, 9.17) is 0 Å². The molecule has 0 saturated carbocycles. The molecule has 0 radical (unpaired) electrons. The molecule has 0 aliphatic carbocycles. The zero-order valence-electron chi connectivity index (χ0n) is 4.39. The summed E-state index contributed by atoms with van der Waals surface area (Å²) in [5.41, 5.74) is 1.64. The predicted molar refractivity (Wildman–Crippen MR) is 39.6 cm³/mol. The van der Waals surface area contributed by atoms with Crippen LogP contribution in [-0.4, -0.2) is 11.4 Å². The Hall–Kier alpha value is -0.550. The first kappa shape index (κ1) is 6.57. The number of carbonyl (C=O) groups excluding carboxylic acids is 1. The zero-order valence-corrected chi connectivity index (χ0v) is 6.10. The number of carbonyl (C=O) groups is 1. The van der Waals surface area contributed by atoms with Gasteiger partial charge in [-0.05, 0) is 0 Å². The molecule has 0 unspecified atom stereocenters. The van der Waals surface area contributed by atoms with Crippen LogP contribution in [0.4, 0.5) is 5.00 Å². The van der Waals surface area contributed by atoms with E-state index in [2.05, 4.69) is 17.8 Å². The first-order chi connectivity index (χ1) is 4.34. The number of nitrogens with zero attached hydrogens (tertiary/aromatic N) is 2. The molecule has 1 aromatic heterocycles. The normalized spacial score (nSPS) is 9.00. The molecule has 0 aliphatic rings. The van der Waals surface area contributed by atoms with Gasteiger partial charge in [0, 0.05) is 0 Å². The van der Waals surface area contributed by atoms with Gasteiger partial charge in [0.25, 0.3) is 0 Å². The summed E-state index contributed by atoms with van der Waals surface area (Å²) in [6.45, 7) is 0. The van der Waals surface area contributed by atoms with Gasteiger partial charge in [-0.25, -0.2) is 4.31 Å². The predicted octanol–water partition coefficient (Wildman–Crippen LogP) is 0.951. The Morgan fingerprint density at radius 1 is 1.89 bits per heavy atom. The fourth-order valence-electron chi connectivity index (χ4n) is 0.374. The van der Waals surface area contributed by atoms with E-state index in [1.165, 1.54) is 15.6 Å². The van der Waals surface area contributed by atoms with Gasteiger partial charge in [0.15, 0.2) is 0 Å². The van der Waals surface area contributed by atoms with Gasteiger partial charge in [0.2, 0.25) is 6.41 Å². The third-order valence-electron chi connectivity index (χ3n) is 0.745. The molecule has 48 valence electrons. The summed E-state index contributed by atoms with van der Waals surface area (Å²) in [5.74, 6) is 0. The molecule has 0 bridgehead atoms. The second-order valence-electron chi connectivity index (χ2n) is 1.29. The Morgan fingerprint density at radius 3 is 3.11 bits per heavy atom. The number of rotatable bonds is 2. The standard InChI is InChI=1S/C4H4N2OS2/c7-3-6(8)4-1-5-2-9-4/h1-3,8H. The molecule has 3 nitrogen and oxygen atoms in total. The molecular formula is C4H4N2OS2. The van der Waals surface area contributed by atoms with E-state index >= 15 is 0 Å². The summed E-state index contributed by atoms with van der Waals surface area (Å²) >= 11 is 5.18. The minimum atomic E-state index is 0.622. The van der Waals surface area contributed by atoms with E-state index in [0.717, 1.165) is 5.00 Å². The van der Waals surface area contributed by atoms with Crippen molar-refractivity contribution in [2.75, 3.05) is 4.31 Å². The van der Waals surface area contributed by atoms with E-state index in [9.17, 15) is 4.79 Å². The fraction of sp³-hybridized carbons (Fsp3) is 0. The summed E-state index contributed by atoms with van der Waals surface area (Å²) in [6.07, 6.45) is 2.20. The Labute approximate surface area is 61.9 Å². The molecule has 9 heavy (non-hydrogen) atoms. The van der Waals surface area contributed by atoms with Gasteiger partial charge >= 0.3 is 0 Å². The Balaban J connectivity index is 2.76. The lowest BCUT2D eigenvalue weighted by molar-refractivity contribution is -0.106. The Kier molecular flexibility index (Phi) is 2.07. The first-order valence-electron chi connectivity index (χ1n) is 2.16. The SMILES string of the molecule is O=CN(S)c1cncs1. The average molecular weight is 160 g/mol. The molecule has 1 aromatic rings. The van der Waals surface area contributed by atoms with E-state index in [0.29, 0.717) is 6.41 Å². The van der Waals surface area contributed by atoms with E-state index < -0.39 is 0 Å². The highest BCUT2D eigenvalue weighted by atomic mass is 32.1. The van der Waals surface area contributed by atoms with Crippen LogP contribution in [0.5, 0.6) is 0 Å². The second-order valence-corrected chi connectivity index (χ2v) is 2.59. The van der Waals surface area contributed by atoms with Gasteiger partial charge < -0.3 is 0 Å². The van der Waals surface area contributed by atoms with Crippen LogP contribution in [-0.2, 0) is 4.79 Å². The van der Waals surface area contributed by atoms with Crippen molar-refractivity contribution in [1.29, 1.82) is 0 Å². The maximum atomic E-state index is 10.0. The molecular weight excluding hydrogens is 156 g/mol. The molecule has 5 heteroatoms. The fourth-order valence-corrected chi connectivity index (χ4v) is 1.07. The third-order valence-corrected chi connectivity index (χ3v) is 1.96. The van der Waals surface area contributed by atoms with Crippen molar-refractivity contribution in [1.82, 2.24) is 4.98 Å². The summed E-state index contributed by atoms with van der Waals surface area (Å²) in [7, 11) is 0. The zero-order chi connectivity index (χ0) is 6.69. The number of aromatic nitrogens is 1. The molecule has 0 fully saturated rings. The van der Waals surface area contributed by atoms with Crippen molar-refractivity contribution in [3.8, 4) is 0 Å². The molecule has 0 aromatic carbocycles. The van der Waals surface area contributed by atoms with Crippen molar-refractivity contribution >= 4 is 35.6 Å². The first-order valence-corrected chi connectivity index (χ1v) is 3.44. The highest BCUT2D eigenvalue weighted by Gasteiger charge is 1.98. The lowest BCUT2D eigenvalue weighted by atomic mass is 10.8. The van der Waals surface area contributed by atoms with Gasteiger partial charge in [-0.15, -0.1) is 11.3 Å². The van der Waals surface area contributed by atoms with E-state index in [1.54, 1.807) is 11.7 Å². The summed E-state index contributed by atoms with van der Waals surface area (Å²) in [6, 6.07) is 0. The number of amides is 1. The molecule has 0 N–H and O–H groups in total. The van der Waals surface area contributed by atoms with Crippen molar-refractivity contribution in [3.63, 3.8) is 0 Å². The van der Waals surface area contributed by atoms with Crippen LogP contribution in [0.1, 0.15) is 0 Å². The highest BCUT2D eigenvalue weighted by Crippen LogP contribution is 2.18. The largest absolute Gasteiger partial charge is 0.277 e. The minimum Gasteiger partial charge on any atom is -0.277 e. The maximum Gasteiger partial charge on any atom is 0.224 e. The number of hydrogen-bond donors (Lipinski definition) is 1. The van der Waals surface area contributed by atoms with Crippen molar-refractivity contribution < 1.29 is 4.79 Å². The van der Waals surface area contributed by atoms with E-state index in [1.807, 2.05) is 0 Å². The van der Waals surface area contributed by atoms with Crippen LogP contribution in [0, 0.1) is 0 Å². The monoisotopic (exact) mass is 160 g/mol. The summed E-state index contributed by atoms with van der Waals surface area (Å²) < 4.78 is 1.18. The molecule has 1 rings (SSSR count). The number of thiazole rings is 1. The van der Waals surface area contributed by atoms with Crippen molar-refractivity contribution in [2.45, 2.75) is 0 Å². The number of anilines is 1. The maximum absolute atomic E-state index is 10.0. The molecule has 0 aliphatic heterocycles. The van der Waals surface area contributed by atoms with Crippen molar-refractivity contribution in [2.24, 2.45) is 0 Å². The van der Waals surface area contributed by atoms with Crippen LogP contribution >= 0.6 is 24.2 Å². The molecule has 1 amide bonds. The highest BCUT2D eigenvalue weighted by molar-refractivity contribution is 7.82. The lowest BCUT2D eigenvalue weighted by Crippen LogP contribution is -2.03. The van der Waals surface area contributed by atoms with Gasteiger partial charge in [0.05, 0.1) is 11.7 Å². The summed E-state index contributed by atoms with van der Waals surface area (Å²) in [5, 5.41) is 0.730. The molecule has 0 saturated heterocycles. The topological polar surface area (TPSA) is 33.2 Å². The molecule has 0 spiro atoms. The number of hydrogen-bond acceptors (Lipinski definition) is 4. The van der Waals surface area contributed by atoms with E-state index in [-0.39, 0.29) is 0 Å². The van der Waals surface area contributed by atoms with Crippen LogP contribution in [0.3, 0.4) is 0 Å². The second kappa shape index (κ2) is 2.84. The Bertz CT molecular complexity index is 186. The minimum absolute atomic E-state index is 0.622. The molecule has 1 heterocycles. The average Bonchev–Trinajstić information content (AvgIpc) is 2.37. The van der Waals surface area contributed by atoms with Crippen molar-refractivity contribution in [3.05, 3.63) is 11.7 Å². The summed E-state index contributed by atoms with van der Waals surface area (Å²) in [4.78, 5) is 13.8. The van der Waals surface area contributed by atoms with Gasteiger partial charge in [0.1, 0.15) is 5.00 Å². The lowest BCUT2D eigenvalue weighted by Gasteiger charge is -2.01. The van der Waals surface area contributed by atoms with Gasteiger partial charge in [-0.3, -0.25) is 9.78 Å². The van der Waals surface area contributed by atoms with Crippen LogP contribution < -0.4 is 4.31 Å². The van der Waals surface area contributed by atoms with Crippen LogP contribution in [0.2, 0.25) is 0 Å². The third kappa shape index (κ3) is 1.43. The van der Waals surface area contributed by atoms with Gasteiger partial charge in [-0.1, -0.05) is 12.8 Å². The van der Waals surface area contributed by atoms with Crippen LogP contribution in [0.15, 0.2) is 11.7 Å². The van der Waals surface area contributed by atoms with Crippen LogP contribution in [0.25, 0.3) is 0 Å².